The minimum absolute atomic E-state index is 0.158. The number of nitrogens with zero attached hydrogens (tertiary/aromatic N) is 4. The van der Waals surface area contributed by atoms with Crippen molar-refractivity contribution in [3.63, 3.8) is 0 Å². The molecule has 2 aromatic rings. The molecule has 5 rings (SSSR count). The summed E-state index contributed by atoms with van der Waals surface area (Å²) in [7, 11) is 3.54. The quantitative estimate of drug-likeness (QED) is 0.619. The van der Waals surface area contributed by atoms with Gasteiger partial charge < -0.3 is 14.8 Å². The van der Waals surface area contributed by atoms with E-state index in [1.54, 1.807) is 26.5 Å². The Kier molecular flexibility index (Phi) is 6.82. The van der Waals surface area contributed by atoms with Crippen LogP contribution >= 0.6 is 0 Å². The summed E-state index contributed by atoms with van der Waals surface area (Å²) in [5.41, 5.74) is 2.98. The number of halogens is 1. The van der Waals surface area contributed by atoms with Crippen LogP contribution in [-0.4, -0.2) is 72.2 Å². The highest BCUT2D eigenvalue weighted by molar-refractivity contribution is 5.68. The Balaban J connectivity index is 1.19. The normalized spacial score (nSPS) is 29.9. The van der Waals surface area contributed by atoms with E-state index in [0.29, 0.717) is 17.4 Å². The SMILES string of the molecule is CO[C@@H]1CN(CC2(C)CCC(Nc3cc(-c4cc(F)cnc4C4CC4)cnn3)CC2)C[C@H]1OC. The Labute approximate surface area is 201 Å². The highest BCUT2D eigenvalue weighted by Crippen LogP contribution is 2.43. The summed E-state index contributed by atoms with van der Waals surface area (Å²) < 4.78 is 25.2. The number of nitrogens with one attached hydrogen (secondary N) is 1. The van der Waals surface area contributed by atoms with Gasteiger partial charge in [0.05, 0.1) is 30.3 Å². The summed E-state index contributed by atoms with van der Waals surface area (Å²) in [6, 6.07) is 3.93. The molecule has 1 saturated heterocycles. The average molecular weight is 470 g/mol. The molecular formula is C26H36FN5O2. The Hall–Kier alpha value is -2.16. The van der Waals surface area contributed by atoms with Crippen LogP contribution in [0.1, 0.15) is 57.1 Å². The number of aromatic nitrogens is 3. The average Bonchev–Trinajstić information content (AvgIpc) is 3.61. The lowest BCUT2D eigenvalue weighted by atomic mass is 9.73. The number of rotatable bonds is 8. The van der Waals surface area contributed by atoms with Crippen LogP contribution in [0.4, 0.5) is 10.2 Å². The first-order chi connectivity index (χ1) is 16.5. The Morgan fingerprint density at radius 3 is 2.41 bits per heavy atom. The van der Waals surface area contributed by atoms with Crippen LogP contribution in [0, 0.1) is 11.2 Å². The molecular weight excluding hydrogens is 433 g/mol. The van der Waals surface area contributed by atoms with E-state index in [-0.39, 0.29) is 18.0 Å². The highest BCUT2D eigenvalue weighted by atomic mass is 19.1. The molecule has 184 valence electrons. The van der Waals surface area contributed by atoms with Gasteiger partial charge in [0.15, 0.2) is 0 Å². The molecule has 2 saturated carbocycles. The first kappa shape index (κ1) is 23.6. The zero-order valence-corrected chi connectivity index (χ0v) is 20.5. The molecule has 34 heavy (non-hydrogen) atoms. The molecule has 8 heteroatoms. The lowest BCUT2D eigenvalue weighted by Gasteiger charge is -2.40. The van der Waals surface area contributed by atoms with E-state index in [0.717, 1.165) is 80.8 Å². The fourth-order valence-corrected chi connectivity index (χ4v) is 5.71. The molecule has 2 atom stereocenters. The maximum Gasteiger partial charge on any atom is 0.149 e. The van der Waals surface area contributed by atoms with Gasteiger partial charge in [-0.25, -0.2) is 4.39 Å². The second kappa shape index (κ2) is 9.84. The number of pyridine rings is 1. The van der Waals surface area contributed by atoms with E-state index in [9.17, 15) is 4.39 Å². The van der Waals surface area contributed by atoms with E-state index in [1.165, 1.54) is 6.20 Å². The molecule has 0 radical (unpaired) electrons. The maximum absolute atomic E-state index is 14.0. The van der Waals surface area contributed by atoms with Gasteiger partial charge in [-0.3, -0.25) is 9.88 Å². The molecule has 0 spiro atoms. The fraction of sp³-hybridized carbons (Fsp3) is 0.654. The van der Waals surface area contributed by atoms with Crippen LogP contribution in [-0.2, 0) is 9.47 Å². The topological polar surface area (TPSA) is 72.4 Å². The summed E-state index contributed by atoms with van der Waals surface area (Å²) in [5, 5.41) is 12.1. The lowest BCUT2D eigenvalue weighted by Crippen LogP contribution is -2.40. The molecule has 2 aromatic heterocycles. The van der Waals surface area contributed by atoms with E-state index < -0.39 is 0 Å². The van der Waals surface area contributed by atoms with Crippen molar-refractivity contribution in [1.29, 1.82) is 0 Å². The minimum atomic E-state index is -0.316. The van der Waals surface area contributed by atoms with Crippen molar-refractivity contribution in [3.8, 4) is 11.1 Å². The second-order valence-electron chi connectivity index (χ2n) is 10.7. The third-order valence-electron chi connectivity index (χ3n) is 7.86. The largest absolute Gasteiger partial charge is 0.377 e. The van der Waals surface area contributed by atoms with Gasteiger partial charge >= 0.3 is 0 Å². The molecule has 2 aliphatic carbocycles. The van der Waals surface area contributed by atoms with Gasteiger partial charge in [0.1, 0.15) is 11.6 Å². The van der Waals surface area contributed by atoms with E-state index in [1.807, 2.05) is 6.07 Å². The third-order valence-corrected chi connectivity index (χ3v) is 7.86. The van der Waals surface area contributed by atoms with Crippen molar-refractivity contribution < 1.29 is 13.9 Å². The standard InChI is InChI=1S/C26H36FN5O2/c1-26(16-32-14-22(33-2)23(15-32)34-3)8-6-20(7-9-26)30-24-10-18(12-29-31-24)21-11-19(27)13-28-25(21)17-4-5-17/h10-13,17,20,22-23H,4-9,14-16H2,1-3H3,(H,30,31)/t20?,22-,23-,26?/m1/s1. The van der Waals surface area contributed by atoms with Crippen molar-refractivity contribution in [1.82, 2.24) is 20.1 Å². The van der Waals surface area contributed by atoms with Gasteiger partial charge in [-0.05, 0) is 56.1 Å². The fourth-order valence-electron chi connectivity index (χ4n) is 5.71. The maximum atomic E-state index is 14.0. The van der Waals surface area contributed by atoms with Gasteiger partial charge in [0, 0.05) is 56.9 Å². The first-order valence-electron chi connectivity index (χ1n) is 12.5. The van der Waals surface area contributed by atoms with Crippen LogP contribution in [0.5, 0.6) is 0 Å². The lowest BCUT2D eigenvalue weighted by molar-refractivity contribution is -0.00461. The first-order valence-corrected chi connectivity index (χ1v) is 12.5. The zero-order chi connectivity index (χ0) is 23.7. The Bertz CT molecular complexity index is 981. The Morgan fingerprint density at radius 2 is 1.76 bits per heavy atom. The van der Waals surface area contributed by atoms with Crippen molar-refractivity contribution >= 4 is 5.82 Å². The van der Waals surface area contributed by atoms with Crippen LogP contribution in [0.3, 0.4) is 0 Å². The summed E-state index contributed by atoms with van der Waals surface area (Å²) in [6.07, 6.45) is 10.1. The number of hydrogen-bond acceptors (Lipinski definition) is 7. The van der Waals surface area contributed by atoms with Gasteiger partial charge in [-0.15, -0.1) is 5.10 Å². The number of ether oxygens (including phenoxy) is 2. The number of anilines is 1. The van der Waals surface area contributed by atoms with E-state index in [2.05, 4.69) is 32.3 Å². The van der Waals surface area contributed by atoms with Gasteiger partial charge in [0.25, 0.3) is 0 Å². The molecule has 3 heterocycles. The molecule has 1 N–H and O–H groups in total. The van der Waals surface area contributed by atoms with Gasteiger partial charge in [0.2, 0.25) is 0 Å². The van der Waals surface area contributed by atoms with Gasteiger partial charge in [-0.2, -0.15) is 5.10 Å². The van der Waals surface area contributed by atoms with Crippen molar-refractivity contribution in [3.05, 3.63) is 36.0 Å². The summed E-state index contributed by atoms with van der Waals surface area (Å²) >= 11 is 0. The molecule has 1 aliphatic heterocycles. The monoisotopic (exact) mass is 469 g/mol. The number of likely N-dealkylation sites (tertiary alicyclic amines) is 1. The molecule has 0 unspecified atom stereocenters. The zero-order valence-electron chi connectivity index (χ0n) is 20.5. The molecule has 3 aliphatic rings. The molecule has 0 aromatic carbocycles. The number of hydrogen-bond donors (Lipinski definition) is 1. The number of methoxy groups -OCH3 is 2. The van der Waals surface area contributed by atoms with Gasteiger partial charge in [-0.1, -0.05) is 6.92 Å². The molecule has 7 nitrogen and oxygen atoms in total. The molecule has 0 amide bonds. The van der Waals surface area contributed by atoms with E-state index in [4.69, 9.17) is 9.47 Å². The predicted molar refractivity (Wildman–Crippen MR) is 129 cm³/mol. The summed E-state index contributed by atoms with van der Waals surface area (Å²) in [6.45, 7) is 5.35. The van der Waals surface area contributed by atoms with Crippen LogP contribution in [0.15, 0.2) is 24.5 Å². The molecule has 0 bridgehead atoms. The van der Waals surface area contributed by atoms with Crippen LogP contribution in [0.2, 0.25) is 0 Å². The van der Waals surface area contributed by atoms with Crippen molar-refractivity contribution in [2.24, 2.45) is 5.41 Å². The van der Waals surface area contributed by atoms with Crippen LogP contribution < -0.4 is 5.32 Å². The molecule has 3 fully saturated rings. The Morgan fingerprint density at radius 1 is 1.06 bits per heavy atom. The van der Waals surface area contributed by atoms with Crippen LogP contribution in [0.25, 0.3) is 11.1 Å². The summed E-state index contributed by atoms with van der Waals surface area (Å²) in [4.78, 5) is 6.87. The summed E-state index contributed by atoms with van der Waals surface area (Å²) in [5.74, 6) is 0.872. The van der Waals surface area contributed by atoms with E-state index >= 15 is 0 Å². The van der Waals surface area contributed by atoms with Crippen molar-refractivity contribution in [2.75, 3.05) is 39.2 Å². The highest BCUT2D eigenvalue weighted by Gasteiger charge is 2.38. The second-order valence-corrected chi connectivity index (χ2v) is 10.7. The predicted octanol–water partition coefficient (Wildman–Crippen LogP) is 4.26. The third kappa shape index (κ3) is 5.24. The smallest absolute Gasteiger partial charge is 0.149 e. The minimum Gasteiger partial charge on any atom is -0.377 e. The van der Waals surface area contributed by atoms with Crippen molar-refractivity contribution in [2.45, 2.75) is 69.6 Å².